The van der Waals surface area contributed by atoms with Crippen LogP contribution in [0.4, 0.5) is 5.69 Å². The molecule has 1 unspecified atom stereocenters. The third-order valence-corrected chi connectivity index (χ3v) is 4.91. The van der Waals surface area contributed by atoms with Gasteiger partial charge in [0.05, 0.1) is 30.8 Å². The Bertz CT molecular complexity index is 717. The Hall–Kier alpha value is -2.35. The van der Waals surface area contributed by atoms with Crippen molar-refractivity contribution in [1.82, 2.24) is 4.98 Å². The predicted octanol–water partition coefficient (Wildman–Crippen LogP) is 2.74. The van der Waals surface area contributed by atoms with Crippen LogP contribution in [-0.2, 0) is 4.79 Å². The lowest BCUT2D eigenvalue weighted by Gasteiger charge is -2.38. The second kappa shape index (κ2) is 5.38. The number of carbonyl (C=O) groups is 1. The largest absolute Gasteiger partial charge is 0.495 e. The average molecular weight is 311 g/mol. The Morgan fingerprint density at radius 3 is 2.87 bits per heavy atom. The van der Waals surface area contributed by atoms with Crippen LogP contribution in [0.25, 0.3) is 0 Å². The molecule has 1 aliphatic carbocycles. The van der Waals surface area contributed by atoms with E-state index >= 15 is 0 Å². The maximum atomic E-state index is 12.3. The van der Waals surface area contributed by atoms with Gasteiger partial charge in [-0.1, -0.05) is 19.9 Å². The minimum Gasteiger partial charge on any atom is -0.495 e. The molecule has 1 spiro atoms. The Morgan fingerprint density at radius 1 is 1.39 bits per heavy atom. The highest BCUT2D eigenvalue weighted by Gasteiger charge is 2.48. The molecule has 2 heterocycles. The molecule has 1 fully saturated rings. The van der Waals surface area contributed by atoms with Gasteiger partial charge in [-0.2, -0.15) is 5.26 Å². The van der Waals surface area contributed by atoms with Gasteiger partial charge in [-0.05, 0) is 12.8 Å². The molecular formula is C18H21N3O2. The van der Waals surface area contributed by atoms with Crippen molar-refractivity contribution in [1.29, 1.82) is 5.26 Å². The molecule has 3 rings (SSSR count). The van der Waals surface area contributed by atoms with Crippen molar-refractivity contribution in [3.05, 3.63) is 30.1 Å². The molecule has 2 aliphatic rings. The zero-order valence-corrected chi connectivity index (χ0v) is 13.8. The zero-order valence-electron chi connectivity index (χ0n) is 13.8. The van der Waals surface area contributed by atoms with Crippen LogP contribution in [0.1, 0.15) is 26.7 Å². The first kappa shape index (κ1) is 15.5. The van der Waals surface area contributed by atoms with Crippen LogP contribution in [0, 0.1) is 22.2 Å². The summed E-state index contributed by atoms with van der Waals surface area (Å²) < 4.78 is 5.24. The first-order valence-corrected chi connectivity index (χ1v) is 7.81. The first-order valence-electron chi connectivity index (χ1n) is 7.81. The van der Waals surface area contributed by atoms with Gasteiger partial charge in [0, 0.05) is 30.0 Å². The minimum atomic E-state index is -0.484. The molecule has 1 atom stereocenters. The molecule has 1 aromatic heterocycles. The molecule has 5 nitrogen and oxygen atoms in total. The van der Waals surface area contributed by atoms with E-state index in [0.717, 1.165) is 37.4 Å². The predicted molar refractivity (Wildman–Crippen MR) is 87.2 cm³/mol. The summed E-state index contributed by atoms with van der Waals surface area (Å²) in [6, 6.07) is 4.07. The van der Waals surface area contributed by atoms with E-state index < -0.39 is 5.41 Å². The summed E-state index contributed by atoms with van der Waals surface area (Å²) in [6.45, 7) is 5.56. The molecule has 0 saturated carbocycles. The number of aromatic nitrogens is 1. The lowest BCUT2D eigenvalue weighted by atomic mass is 9.64. The van der Waals surface area contributed by atoms with E-state index in [1.54, 1.807) is 13.3 Å². The van der Waals surface area contributed by atoms with Crippen LogP contribution in [-0.4, -0.2) is 31.0 Å². The highest BCUT2D eigenvalue weighted by Crippen LogP contribution is 2.48. The summed E-state index contributed by atoms with van der Waals surface area (Å²) in [5, 5.41) is 9.31. The monoisotopic (exact) mass is 311 g/mol. The molecular weight excluding hydrogens is 290 g/mol. The van der Waals surface area contributed by atoms with Gasteiger partial charge in [0.1, 0.15) is 11.8 Å². The summed E-state index contributed by atoms with van der Waals surface area (Å²) in [4.78, 5) is 18.8. The van der Waals surface area contributed by atoms with E-state index in [9.17, 15) is 10.1 Å². The fourth-order valence-electron chi connectivity index (χ4n) is 3.90. The van der Waals surface area contributed by atoms with E-state index in [4.69, 9.17) is 4.74 Å². The maximum Gasteiger partial charge on any atom is 0.178 e. The Morgan fingerprint density at radius 2 is 2.17 bits per heavy atom. The normalized spacial score (nSPS) is 26.1. The van der Waals surface area contributed by atoms with Crippen molar-refractivity contribution in [3.63, 3.8) is 0 Å². The number of nitrogens with zero attached hydrogens (tertiary/aromatic N) is 3. The van der Waals surface area contributed by atoms with Gasteiger partial charge in [-0.25, -0.2) is 0 Å². The second-order valence-electron chi connectivity index (χ2n) is 7.18. The molecule has 1 aliphatic heterocycles. The van der Waals surface area contributed by atoms with Crippen LogP contribution in [0.5, 0.6) is 5.75 Å². The smallest absolute Gasteiger partial charge is 0.178 e. The number of hydrogen-bond donors (Lipinski definition) is 0. The summed E-state index contributed by atoms with van der Waals surface area (Å²) in [5.74, 6) is 0.697. The number of rotatable bonds is 2. The van der Waals surface area contributed by atoms with Crippen LogP contribution in [0.2, 0.25) is 0 Å². The van der Waals surface area contributed by atoms with Gasteiger partial charge in [-0.3, -0.25) is 9.78 Å². The van der Waals surface area contributed by atoms with E-state index in [1.807, 2.05) is 32.2 Å². The van der Waals surface area contributed by atoms with Crippen molar-refractivity contribution >= 4 is 11.5 Å². The lowest BCUT2D eigenvalue weighted by molar-refractivity contribution is -0.125. The molecule has 120 valence electrons. The van der Waals surface area contributed by atoms with Crippen molar-refractivity contribution in [2.24, 2.45) is 10.8 Å². The standard InChI is InChI=1S/C18H21N3O2/c1-17(2)11-18(7-13(8-19)16(17)22)4-5-21(12-18)14-6-15(23-3)10-20-9-14/h6-7,9-10H,4-5,11-12H2,1-3H3. The van der Waals surface area contributed by atoms with Gasteiger partial charge >= 0.3 is 0 Å². The van der Waals surface area contributed by atoms with Crippen molar-refractivity contribution in [3.8, 4) is 11.8 Å². The number of nitriles is 1. The number of hydrogen-bond acceptors (Lipinski definition) is 5. The summed E-state index contributed by atoms with van der Waals surface area (Å²) in [5.41, 5.74) is 0.725. The van der Waals surface area contributed by atoms with Crippen molar-refractivity contribution in [2.45, 2.75) is 26.7 Å². The fraction of sp³-hybridized carbons (Fsp3) is 0.500. The number of Topliss-reactive ketones (excluding diaryl/α,β-unsaturated/α-hetero) is 1. The average Bonchev–Trinajstić information content (AvgIpc) is 2.94. The quantitative estimate of drug-likeness (QED) is 0.840. The SMILES string of the molecule is COc1cncc(N2CCC3(C=C(C#N)C(=O)C(C)(C)C3)C2)c1. The number of methoxy groups -OCH3 is 1. The van der Waals surface area contributed by atoms with Crippen molar-refractivity contribution < 1.29 is 9.53 Å². The molecule has 1 aromatic rings. The highest BCUT2D eigenvalue weighted by molar-refractivity contribution is 6.03. The summed E-state index contributed by atoms with van der Waals surface area (Å²) >= 11 is 0. The molecule has 0 amide bonds. The summed E-state index contributed by atoms with van der Waals surface area (Å²) in [7, 11) is 1.63. The van der Waals surface area contributed by atoms with E-state index in [1.165, 1.54) is 0 Å². The van der Waals surface area contributed by atoms with Gasteiger partial charge in [-0.15, -0.1) is 0 Å². The van der Waals surface area contributed by atoms with Crippen molar-refractivity contribution in [2.75, 3.05) is 25.1 Å². The fourth-order valence-corrected chi connectivity index (χ4v) is 3.90. The zero-order chi connectivity index (χ0) is 16.7. The van der Waals surface area contributed by atoms with Crippen LogP contribution in [0.3, 0.4) is 0 Å². The number of pyridine rings is 1. The Balaban J connectivity index is 1.90. The number of ketones is 1. The summed E-state index contributed by atoms with van der Waals surface area (Å²) in [6.07, 6.45) is 7.14. The first-order chi connectivity index (χ1) is 10.9. The van der Waals surface area contributed by atoms with E-state index in [2.05, 4.69) is 16.0 Å². The lowest BCUT2D eigenvalue weighted by Crippen LogP contribution is -2.40. The molecule has 0 bridgehead atoms. The Labute approximate surface area is 136 Å². The van der Waals surface area contributed by atoms with Crippen LogP contribution in [0.15, 0.2) is 30.1 Å². The molecule has 23 heavy (non-hydrogen) atoms. The maximum absolute atomic E-state index is 12.3. The molecule has 5 heteroatoms. The Kier molecular flexibility index (Phi) is 3.63. The van der Waals surface area contributed by atoms with Crippen LogP contribution >= 0.6 is 0 Å². The minimum absolute atomic E-state index is 0.0351. The van der Waals surface area contributed by atoms with Crippen LogP contribution < -0.4 is 9.64 Å². The topological polar surface area (TPSA) is 66.2 Å². The van der Waals surface area contributed by atoms with Gasteiger partial charge in [0.2, 0.25) is 0 Å². The van der Waals surface area contributed by atoms with E-state index in [0.29, 0.717) is 5.57 Å². The van der Waals surface area contributed by atoms with E-state index in [-0.39, 0.29) is 11.2 Å². The molecule has 0 radical (unpaired) electrons. The van der Waals surface area contributed by atoms with Gasteiger partial charge in [0.15, 0.2) is 5.78 Å². The van der Waals surface area contributed by atoms with Gasteiger partial charge in [0.25, 0.3) is 0 Å². The highest BCUT2D eigenvalue weighted by atomic mass is 16.5. The molecule has 0 aromatic carbocycles. The molecule has 1 saturated heterocycles. The number of anilines is 1. The third-order valence-electron chi connectivity index (χ3n) is 4.91. The number of ether oxygens (including phenoxy) is 1. The number of carbonyl (C=O) groups excluding carboxylic acids is 1. The molecule has 0 N–H and O–H groups in total. The second-order valence-corrected chi connectivity index (χ2v) is 7.18. The van der Waals surface area contributed by atoms with Gasteiger partial charge < -0.3 is 9.64 Å². The number of allylic oxidation sites excluding steroid dienone is 1. The third kappa shape index (κ3) is 2.70.